The van der Waals surface area contributed by atoms with E-state index in [1.54, 1.807) is 24.3 Å². The number of esters is 2. The molecule has 2 aromatic carbocycles. The molecule has 1 aromatic heterocycles. The molecule has 1 unspecified atom stereocenters. The van der Waals surface area contributed by atoms with Crippen LogP contribution in [0.3, 0.4) is 0 Å². The van der Waals surface area contributed by atoms with Crippen LogP contribution in [0, 0.1) is 5.92 Å². The molecule has 2 N–H and O–H groups in total. The number of Topliss-reactive ketones (excluding diaryl/α,β-unsaturated/α-hetero) is 2. The first kappa shape index (κ1) is 47.8. The lowest BCUT2D eigenvalue weighted by molar-refractivity contribution is -0.139. The predicted molar refractivity (Wildman–Crippen MR) is 239 cm³/mol. The fraction of sp³-hybridized carbons (Fsp3) is 0.478. The van der Waals surface area contributed by atoms with Crippen LogP contribution in [0.15, 0.2) is 71.0 Å². The highest BCUT2D eigenvalue weighted by molar-refractivity contribution is 6.47. The molecule has 2 aliphatic heterocycles. The van der Waals surface area contributed by atoms with Gasteiger partial charge in [-0.3, -0.25) is 19.3 Å². The molecule has 0 bridgehead atoms. The van der Waals surface area contributed by atoms with Gasteiger partial charge in [-0.15, -0.1) is 0 Å². The Balaban J connectivity index is 1.55. The second kappa shape index (κ2) is 23.3. The first-order chi connectivity index (χ1) is 30.3. The molecule has 63 heavy (non-hydrogen) atoms. The number of hydrogen-bond acceptors (Lipinski definition) is 14. The van der Waals surface area contributed by atoms with Gasteiger partial charge in [-0.05, 0) is 62.6 Å². The smallest absolute Gasteiger partial charge is 0.436 e. The summed E-state index contributed by atoms with van der Waals surface area (Å²) in [6.07, 6.45) is 2.38. The summed E-state index contributed by atoms with van der Waals surface area (Å²) >= 11 is 0. The minimum atomic E-state index is -0.708. The van der Waals surface area contributed by atoms with E-state index in [1.165, 1.54) is 23.6 Å². The van der Waals surface area contributed by atoms with Crippen molar-refractivity contribution in [3.05, 3.63) is 71.8 Å². The number of nitrogens with one attached hydrogen (secondary N) is 2. The third-order valence-electron chi connectivity index (χ3n) is 11.0. The zero-order chi connectivity index (χ0) is 45.5. The Morgan fingerprint density at radius 2 is 1.11 bits per heavy atom. The van der Waals surface area contributed by atoms with Crippen molar-refractivity contribution in [1.29, 1.82) is 0 Å². The number of hydrogen-bond donors (Lipinski definition) is 2. The lowest BCUT2D eigenvalue weighted by Crippen LogP contribution is -2.46. The topological polar surface area (TPSA) is 200 Å². The molecule has 3 aromatic rings. The van der Waals surface area contributed by atoms with Crippen LogP contribution in [0.1, 0.15) is 86.9 Å². The van der Waals surface area contributed by atoms with E-state index in [1.807, 2.05) is 12.1 Å². The summed E-state index contributed by atoms with van der Waals surface area (Å²) in [5.74, 6) is -2.03. The number of ether oxygens (including phenoxy) is 2. The monoisotopic (exact) mass is 869 g/mol. The first-order valence-electron chi connectivity index (χ1n) is 21.6. The van der Waals surface area contributed by atoms with Crippen LogP contribution in [0.2, 0.25) is 0 Å². The average Bonchev–Trinajstić information content (AvgIpc) is 3.60. The second-order valence-corrected chi connectivity index (χ2v) is 15.7. The molecule has 2 aliphatic rings. The minimum absolute atomic E-state index is 0.138. The van der Waals surface area contributed by atoms with Gasteiger partial charge in [0.15, 0.2) is 0 Å². The third-order valence-corrected chi connectivity index (χ3v) is 11.0. The van der Waals surface area contributed by atoms with Crippen molar-refractivity contribution >= 4 is 68.9 Å². The highest BCUT2D eigenvalue weighted by Gasteiger charge is 2.25. The predicted octanol–water partition coefficient (Wildman–Crippen LogP) is 6.19. The average molecular weight is 870 g/mol. The molecule has 2 amide bonds. The summed E-state index contributed by atoms with van der Waals surface area (Å²) in [4.78, 5) is 92.3. The molecule has 0 saturated carbocycles. The molecule has 5 rings (SSSR count). The number of aromatic nitrogens is 1. The second-order valence-electron chi connectivity index (χ2n) is 15.7. The molecule has 2 saturated heterocycles. The number of ketones is 2. The lowest BCUT2D eigenvalue weighted by atomic mass is 9.99. The highest BCUT2D eigenvalue weighted by atomic mass is 16.7. The molecular weight excluding hydrogens is 811 g/mol. The van der Waals surface area contributed by atoms with Crippen LogP contribution in [-0.2, 0) is 35.3 Å². The Hall–Kier alpha value is -6.20. The number of oxime groups is 2. The maximum Gasteiger partial charge on any atom is 0.436 e. The number of unbranched alkanes of at least 4 members (excludes halogenated alkanes) is 1. The number of benzene rings is 2. The number of rotatable bonds is 20. The summed E-state index contributed by atoms with van der Waals surface area (Å²) in [5, 5.41) is 15.7. The standard InChI is InChI=1S/C46H59N7O10/c1-7-9-10-32(8-2)29-53-39-13-11-33(41(54)37(15-25-60-43(56)30(3)4)49-62-45(58)51-21-17-47-18-22-51)27-35(39)36-28-34(12-14-40(36)53)42(55)38(16-26-61-44(57)31(5)6)50-63-46(59)52-23-19-48-20-24-52/h11-14,27-28,32,47-48H,3,5,7-10,15-26,29H2,1-2,4,6H3/b49-37+,50-38+. The van der Waals surface area contributed by atoms with E-state index in [9.17, 15) is 28.8 Å². The van der Waals surface area contributed by atoms with Gasteiger partial charge < -0.3 is 34.5 Å². The van der Waals surface area contributed by atoms with Gasteiger partial charge in [0.05, 0.1) is 13.2 Å². The summed E-state index contributed by atoms with van der Waals surface area (Å²) in [5.41, 5.74) is 2.19. The van der Waals surface area contributed by atoms with E-state index in [-0.39, 0.29) is 59.8 Å². The number of nitrogens with zero attached hydrogens (tertiary/aromatic N) is 5. The first-order valence-corrected chi connectivity index (χ1v) is 21.6. The van der Waals surface area contributed by atoms with Crippen molar-refractivity contribution in [3.8, 4) is 0 Å². The van der Waals surface area contributed by atoms with Gasteiger partial charge in [0.1, 0.15) is 11.4 Å². The maximum absolute atomic E-state index is 14.3. The summed E-state index contributed by atoms with van der Waals surface area (Å²) < 4.78 is 12.7. The van der Waals surface area contributed by atoms with Crippen LogP contribution in [0.4, 0.5) is 9.59 Å². The Bertz CT molecular complexity index is 2120. The van der Waals surface area contributed by atoms with Crippen LogP contribution in [-0.4, -0.2) is 127 Å². The third kappa shape index (κ3) is 12.9. The molecule has 17 nitrogen and oxygen atoms in total. The Morgan fingerprint density at radius 3 is 1.49 bits per heavy atom. The van der Waals surface area contributed by atoms with Crippen LogP contribution >= 0.6 is 0 Å². The van der Waals surface area contributed by atoms with E-state index in [0.717, 1.165) is 36.7 Å². The van der Waals surface area contributed by atoms with E-state index in [4.69, 9.17) is 19.1 Å². The van der Waals surface area contributed by atoms with Crippen molar-refractivity contribution < 1.29 is 47.9 Å². The molecule has 3 heterocycles. The van der Waals surface area contributed by atoms with E-state index < -0.39 is 35.7 Å². The van der Waals surface area contributed by atoms with Crippen LogP contribution in [0.25, 0.3) is 21.8 Å². The van der Waals surface area contributed by atoms with Gasteiger partial charge in [0.2, 0.25) is 11.6 Å². The molecule has 17 heteroatoms. The van der Waals surface area contributed by atoms with Gasteiger partial charge in [0.25, 0.3) is 0 Å². The molecule has 2 fully saturated rings. The molecule has 0 radical (unpaired) electrons. The van der Waals surface area contributed by atoms with Gasteiger partial charge in [-0.2, -0.15) is 0 Å². The zero-order valence-electron chi connectivity index (χ0n) is 36.8. The van der Waals surface area contributed by atoms with Gasteiger partial charge in [-0.25, -0.2) is 19.2 Å². The molecule has 338 valence electrons. The van der Waals surface area contributed by atoms with Crippen molar-refractivity contribution in [3.63, 3.8) is 0 Å². The normalized spacial score (nSPS) is 15.2. The molecule has 0 aliphatic carbocycles. The maximum atomic E-state index is 14.3. The van der Waals surface area contributed by atoms with Crippen molar-refractivity contribution in [2.75, 3.05) is 65.6 Å². The number of piperazine rings is 2. The van der Waals surface area contributed by atoms with Gasteiger partial charge in [-0.1, -0.05) is 56.6 Å². The largest absolute Gasteiger partial charge is 0.462 e. The summed E-state index contributed by atoms with van der Waals surface area (Å²) in [6, 6.07) is 10.5. The molecular formula is C46H59N7O10. The van der Waals surface area contributed by atoms with Crippen molar-refractivity contribution in [2.45, 2.75) is 72.8 Å². The number of carbonyl (C=O) groups excluding carboxylic acids is 6. The summed E-state index contributed by atoms with van der Waals surface area (Å²) in [7, 11) is 0. The Labute approximate surface area is 367 Å². The molecule has 0 spiro atoms. The van der Waals surface area contributed by atoms with Crippen molar-refractivity contribution in [1.82, 2.24) is 25.0 Å². The fourth-order valence-corrected chi connectivity index (χ4v) is 7.22. The highest BCUT2D eigenvalue weighted by Crippen LogP contribution is 2.33. The fourth-order valence-electron chi connectivity index (χ4n) is 7.22. The number of fused-ring (bicyclic) bond motifs is 3. The van der Waals surface area contributed by atoms with Crippen LogP contribution < -0.4 is 10.6 Å². The van der Waals surface area contributed by atoms with E-state index in [0.29, 0.717) is 75.6 Å². The Morgan fingerprint density at radius 1 is 0.683 bits per heavy atom. The quantitative estimate of drug-likeness (QED) is 0.0327. The zero-order valence-corrected chi connectivity index (χ0v) is 36.8. The van der Waals surface area contributed by atoms with Crippen LogP contribution in [0.5, 0.6) is 0 Å². The number of amides is 2. The summed E-state index contributed by atoms with van der Waals surface area (Å²) in [6.45, 7) is 18.8. The van der Waals surface area contributed by atoms with E-state index >= 15 is 0 Å². The van der Waals surface area contributed by atoms with Gasteiger partial charge in [0, 0.05) is 116 Å². The minimum Gasteiger partial charge on any atom is -0.462 e. The lowest BCUT2D eigenvalue weighted by Gasteiger charge is -2.25. The molecule has 1 atom stereocenters. The van der Waals surface area contributed by atoms with E-state index in [2.05, 4.69) is 52.5 Å². The Kier molecular flexibility index (Phi) is 17.7. The van der Waals surface area contributed by atoms with Crippen molar-refractivity contribution in [2.24, 2.45) is 16.2 Å². The number of carbonyl (C=O) groups is 6. The van der Waals surface area contributed by atoms with Gasteiger partial charge >= 0.3 is 24.1 Å². The SMILES string of the molecule is C=C(C)C(=O)OCC/C(=N\OC(=O)N1CCNCC1)C(=O)c1ccc2c(c1)c1cc(C(=O)/C(CCOC(=O)C(=C)C)=N/OC(=O)N3CCNCC3)ccc1n2CC(CC)CCCC.